The highest BCUT2D eigenvalue weighted by Gasteiger charge is 2.17. The third kappa shape index (κ3) is 3.10. The molecule has 1 heterocycles. The molecule has 0 aromatic heterocycles. The number of nitro groups is 1. The highest BCUT2D eigenvalue weighted by molar-refractivity contribution is 9.10. The minimum atomic E-state index is -0.365. The van der Waals surface area contributed by atoms with Gasteiger partial charge in [-0.1, -0.05) is 15.9 Å². The summed E-state index contributed by atoms with van der Waals surface area (Å²) in [5.74, 6) is 1.42. The van der Waals surface area contributed by atoms with E-state index in [1.54, 1.807) is 13.0 Å². The Labute approximate surface area is 141 Å². The number of fused-ring (bicyclic) bond motifs is 1. The van der Waals surface area contributed by atoms with Gasteiger partial charge in [-0.25, -0.2) is 0 Å². The van der Waals surface area contributed by atoms with Crippen molar-refractivity contribution in [2.24, 2.45) is 0 Å². The van der Waals surface area contributed by atoms with E-state index < -0.39 is 0 Å². The Morgan fingerprint density at radius 1 is 1.17 bits per heavy atom. The minimum Gasteiger partial charge on any atom is -0.454 e. The van der Waals surface area contributed by atoms with Crippen LogP contribution in [0.5, 0.6) is 11.5 Å². The van der Waals surface area contributed by atoms with E-state index >= 15 is 0 Å². The van der Waals surface area contributed by atoms with E-state index in [0.29, 0.717) is 23.6 Å². The third-order valence-electron chi connectivity index (χ3n) is 3.75. The van der Waals surface area contributed by atoms with E-state index in [4.69, 9.17) is 9.47 Å². The Kier molecular flexibility index (Phi) is 4.12. The number of nitrogens with one attached hydrogen (secondary N) is 1. The predicted octanol–water partition coefficient (Wildman–Crippen LogP) is 4.31. The van der Waals surface area contributed by atoms with Crippen molar-refractivity contribution < 1.29 is 14.4 Å². The fourth-order valence-electron chi connectivity index (χ4n) is 2.51. The maximum atomic E-state index is 11.1. The zero-order valence-electron chi connectivity index (χ0n) is 12.7. The van der Waals surface area contributed by atoms with Gasteiger partial charge >= 0.3 is 0 Å². The summed E-state index contributed by atoms with van der Waals surface area (Å²) in [6.07, 6.45) is 0. The molecule has 120 valence electrons. The lowest BCUT2D eigenvalue weighted by Crippen LogP contribution is -2.03. The van der Waals surface area contributed by atoms with E-state index in [9.17, 15) is 10.1 Å². The van der Waals surface area contributed by atoms with E-state index in [1.165, 1.54) is 0 Å². The zero-order chi connectivity index (χ0) is 16.6. The summed E-state index contributed by atoms with van der Waals surface area (Å²) in [7, 11) is 0. The standard InChI is InChI=1S/C16H15BrN2O4/c1-9-3-10(2)14(19(20)21)6-13(9)18-7-11-4-15-16(5-12(11)17)23-8-22-15/h3-6,18H,7-8H2,1-2H3. The van der Waals surface area contributed by atoms with E-state index in [1.807, 2.05) is 25.1 Å². The molecule has 0 fully saturated rings. The van der Waals surface area contributed by atoms with Gasteiger partial charge in [-0.3, -0.25) is 10.1 Å². The molecule has 0 saturated heterocycles. The van der Waals surface area contributed by atoms with Gasteiger partial charge in [0.15, 0.2) is 11.5 Å². The molecule has 2 aromatic rings. The number of aryl methyl sites for hydroxylation is 2. The van der Waals surface area contributed by atoms with Crippen molar-refractivity contribution >= 4 is 27.3 Å². The number of anilines is 1. The van der Waals surface area contributed by atoms with Crippen LogP contribution in [0.4, 0.5) is 11.4 Å². The summed E-state index contributed by atoms with van der Waals surface area (Å²) in [6, 6.07) is 7.15. The largest absolute Gasteiger partial charge is 0.454 e. The Balaban J connectivity index is 1.84. The maximum absolute atomic E-state index is 11.1. The van der Waals surface area contributed by atoms with Gasteiger partial charge in [-0.05, 0) is 43.2 Å². The van der Waals surface area contributed by atoms with Crippen LogP contribution in [0, 0.1) is 24.0 Å². The molecule has 7 heteroatoms. The Morgan fingerprint density at radius 3 is 2.57 bits per heavy atom. The first-order valence-electron chi connectivity index (χ1n) is 7.03. The summed E-state index contributed by atoms with van der Waals surface area (Å²) in [5, 5.41) is 14.3. The smallest absolute Gasteiger partial charge is 0.274 e. The SMILES string of the molecule is Cc1cc(C)c([N+](=O)[O-])cc1NCc1cc2c(cc1Br)OCO2. The van der Waals surface area contributed by atoms with Crippen molar-refractivity contribution in [1.29, 1.82) is 0 Å². The quantitative estimate of drug-likeness (QED) is 0.633. The summed E-state index contributed by atoms with van der Waals surface area (Å²) in [6.45, 7) is 4.40. The number of rotatable bonds is 4. The molecule has 1 aliphatic heterocycles. The molecular weight excluding hydrogens is 364 g/mol. The number of halogens is 1. The number of hydrogen-bond acceptors (Lipinski definition) is 5. The lowest BCUT2D eigenvalue weighted by Gasteiger charge is -2.12. The van der Waals surface area contributed by atoms with Gasteiger partial charge in [0.25, 0.3) is 5.69 Å². The van der Waals surface area contributed by atoms with Gasteiger partial charge in [-0.15, -0.1) is 0 Å². The van der Waals surface area contributed by atoms with Crippen LogP contribution in [0.25, 0.3) is 0 Å². The summed E-state index contributed by atoms with van der Waals surface area (Å²) >= 11 is 3.51. The minimum absolute atomic E-state index is 0.114. The topological polar surface area (TPSA) is 73.6 Å². The molecule has 0 radical (unpaired) electrons. The molecule has 2 aromatic carbocycles. The average molecular weight is 379 g/mol. The molecule has 6 nitrogen and oxygen atoms in total. The highest BCUT2D eigenvalue weighted by atomic mass is 79.9. The van der Waals surface area contributed by atoms with Crippen LogP contribution in [-0.2, 0) is 6.54 Å². The van der Waals surface area contributed by atoms with Crippen molar-refractivity contribution in [2.45, 2.75) is 20.4 Å². The molecule has 0 aliphatic carbocycles. The molecule has 0 amide bonds. The normalized spacial score (nSPS) is 12.3. The van der Waals surface area contributed by atoms with Crippen LogP contribution in [0.3, 0.4) is 0 Å². The summed E-state index contributed by atoms with van der Waals surface area (Å²) in [4.78, 5) is 10.7. The predicted molar refractivity (Wildman–Crippen MR) is 90.2 cm³/mol. The molecule has 1 N–H and O–H groups in total. The Hall–Kier alpha value is -2.28. The number of hydrogen-bond donors (Lipinski definition) is 1. The van der Waals surface area contributed by atoms with Crippen LogP contribution in [0.1, 0.15) is 16.7 Å². The molecule has 0 spiro atoms. The molecule has 0 bridgehead atoms. The van der Waals surface area contributed by atoms with E-state index in [-0.39, 0.29) is 17.4 Å². The van der Waals surface area contributed by atoms with Crippen LogP contribution in [0.15, 0.2) is 28.7 Å². The summed E-state index contributed by atoms with van der Waals surface area (Å²) in [5.41, 5.74) is 3.46. The molecule has 0 atom stereocenters. The molecular formula is C16H15BrN2O4. The molecule has 0 saturated carbocycles. The van der Waals surface area contributed by atoms with Crippen molar-refractivity contribution in [1.82, 2.24) is 0 Å². The second kappa shape index (κ2) is 6.08. The van der Waals surface area contributed by atoms with Gasteiger partial charge in [-0.2, -0.15) is 0 Å². The molecule has 23 heavy (non-hydrogen) atoms. The Morgan fingerprint density at radius 2 is 1.87 bits per heavy atom. The van der Waals surface area contributed by atoms with Gasteiger partial charge in [0, 0.05) is 28.3 Å². The van der Waals surface area contributed by atoms with Gasteiger partial charge < -0.3 is 14.8 Å². The van der Waals surface area contributed by atoms with Crippen LogP contribution >= 0.6 is 15.9 Å². The van der Waals surface area contributed by atoms with Crippen molar-refractivity contribution in [3.8, 4) is 11.5 Å². The number of nitro benzene ring substituents is 1. The first kappa shape index (κ1) is 15.6. The van der Waals surface area contributed by atoms with Crippen molar-refractivity contribution in [2.75, 3.05) is 12.1 Å². The summed E-state index contributed by atoms with van der Waals surface area (Å²) < 4.78 is 11.6. The first-order chi connectivity index (χ1) is 11.0. The van der Waals surface area contributed by atoms with Crippen molar-refractivity contribution in [3.05, 3.63) is 55.5 Å². The maximum Gasteiger partial charge on any atom is 0.274 e. The third-order valence-corrected chi connectivity index (χ3v) is 4.49. The monoisotopic (exact) mass is 378 g/mol. The van der Waals surface area contributed by atoms with Gasteiger partial charge in [0.1, 0.15) is 0 Å². The second-order valence-corrected chi connectivity index (χ2v) is 6.22. The molecule has 3 rings (SSSR count). The number of nitrogens with zero attached hydrogens (tertiary/aromatic N) is 1. The fraction of sp³-hybridized carbons (Fsp3) is 0.250. The number of benzene rings is 2. The van der Waals surface area contributed by atoms with Crippen LogP contribution in [0.2, 0.25) is 0 Å². The molecule has 0 unspecified atom stereocenters. The van der Waals surface area contributed by atoms with Crippen LogP contribution in [-0.4, -0.2) is 11.7 Å². The van der Waals surface area contributed by atoms with Gasteiger partial charge in [0.05, 0.1) is 4.92 Å². The Bertz CT molecular complexity index is 792. The highest BCUT2D eigenvalue weighted by Crippen LogP contribution is 2.37. The van der Waals surface area contributed by atoms with E-state index in [0.717, 1.165) is 21.3 Å². The number of ether oxygens (including phenoxy) is 2. The van der Waals surface area contributed by atoms with Crippen LogP contribution < -0.4 is 14.8 Å². The lowest BCUT2D eigenvalue weighted by molar-refractivity contribution is -0.385. The van der Waals surface area contributed by atoms with Gasteiger partial charge in [0.2, 0.25) is 6.79 Å². The fourth-order valence-corrected chi connectivity index (χ4v) is 2.98. The second-order valence-electron chi connectivity index (χ2n) is 5.36. The molecule has 1 aliphatic rings. The zero-order valence-corrected chi connectivity index (χ0v) is 14.3. The lowest BCUT2D eigenvalue weighted by atomic mass is 10.1. The average Bonchev–Trinajstić information content (AvgIpc) is 2.92. The van der Waals surface area contributed by atoms with Crippen molar-refractivity contribution in [3.63, 3.8) is 0 Å². The first-order valence-corrected chi connectivity index (χ1v) is 7.82. The van der Waals surface area contributed by atoms with E-state index in [2.05, 4.69) is 21.2 Å².